The van der Waals surface area contributed by atoms with E-state index >= 15 is 0 Å². The van der Waals surface area contributed by atoms with Gasteiger partial charge in [0, 0.05) is 31.7 Å². The molecule has 0 unspecified atom stereocenters. The Bertz CT molecular complexity index is 865. The maximum absolute atomic E-state index is 6.20. The molecule has 4 nitrogen and oxygen atoms in total. The molecule has 1 aliphatic carbocycles. The van der Waals surface area contributed by atoms with Crippen molar-refractivity contribution in [1.82, 2.24) is 9.80 Å². The molecule has 4 heteroatoms. The van der Waals surface area contributed by atoms with Gasteiger partial charge in [-0.3, -0.25) is 9.80 Å². The lowest BCUT2D eigenvalue weighted by Crippen LogP contribution is -2.59. The second-order valence-electron chi connectivity index (χ2n) is 9.86. The van der Waals surface area contributed by atoms with E-state index in [0.29, 0.717) is 12.6 Å². The number of hydrogen-bond acceptors (Lipinski definition) is 4. The van der Waals surface area contributed by atoms with Gasteiger partial charge in [0.05, 0.1) is 7.11 Å². The lowest BCUT2D eigenvalue weighted by molar-refractivity contribution is -0.00383. The van der Waals surface area contributed by atoms with Gasteiger partial charge in [0.25, 0.3) is 0 Å². The molecule has 1 saturated carbocycles. The number of piperazine rings is 1. The molecule has 32 heavy (non-hydrogen) atoms. The van der Waals surface area contributed by atoms with Crippen LogP contribution < -0.4 is 9.47 Å². The Kier molecular flexibility index (Phi) is 6.99. The van der Waals surface area contributed by atoms with E-state index in [0.717, 1.165) is 30.0 Å². The van der Waals surface area contributed by atoms with E-state index in [-0.39, 0.29) is 0 Å². The second-order valence-corrected chi connectivity index (χ2v) is 9.86. The number of ether oxygens (including phenoxy) is 2. The average Bonchev–Trinajstić information content (AvgIpc) is 3.33. The molecule has 0 bridgehead atoms. The van der Waals surface area contributed by atoms with Crippen LogP contribution in [0.1, 0.15) is 56.1 Å². The molecule has 0 radical (unpaired) electrons. The third-order valence-corrected chi connectivity index (χ3v) is 7.89. The number of methoxy groups -OCH3 is 1. The predicted octanol–water partition coefficient (Wildman–Crippen LogP) is 5.50. The van der Waals surface area contributed by atoms with Gasteiger partial charge in [0.1, 0.15) is 6.61 Å². The van der Waals surface area contributed by atoms with E-state index < -0.39 is 0 Å². The van der Waals surface area contributed by atoms with Crippen molar-refractivity contribution in [2.24, 2.45) is 5.92 Å². The van der Waals surface area contributed by atoms with Gasteiger partial charge in [-0.15, -0.1) is 0 Å². The van der Waals surface area contributed by atoms with Gasteiger partial charge in [-0.25, -0.2) is 0 Å². The molecule has 5 rings (SSSR count). The van der Waals surface area contributed by atoms with Crippen LogP contribution in [0.2, 0.25) is 0 Å². The van der Waals surface area contributed by atoms with Gasteiger partial charge in [0.15, 0.2) is 11.5 Å². The van der Waals surface area contributed by atoms with Gasteiger partial charge in [-0.05, 0) is 61.4 Å². The zero-order chi connectivity index (χ0) is 21.8. The van der Waals surface area contributed by atoms with E-state index in [9.17, 15) is 0 Å². The Morgan fingerprint density at radius 2 is 1.66 bits per heavy atom. The van der Waals surface area contributed by atoms with Gasteiger partial charge in [-0.1, -0.05) is 55.7 Å². The molecule has 0 amide bonds. The quantitative estimate of drug-likeness (QED) is 0.574. The minimum absolute atomic E-state index is 0.562. The topological polar surface area (TPSA) is 24.9 Å². The minimum Gasteiger partial charge on any atom is -0.493 e. The van der Waals surface area contributed by atoms with Gasteiger partial charge in [0.2, 0.25) is 0 Å². The summed E-state index contributed by atoms with van der Waals surface area (Å²) in [5.41, 5.74) is 2.51. The highest BCUT2D eigenvalue weighted by molar-refractivity contribution is 5.43. The molecule has 2 heterocycles. The van der Waals surface area contributed by atoms with Crippen LogP contribution in [0, 0.1) is 5.92 Å². The maximum atomic E-state index is 6.20. The summed E-state index contributed by atoms with van der Waals surface area (Å²) in [5.74, 6) is 2.53. The Hall–Kier alpha value is -2.04. The smallest absolute Gasteiger partial charge is 0.161 e. The normalized spacial score (nSPS) is 24.9. The molecule has 2 aliphatic heterocycles. The van der Waals surface area contributed by atoms with Crippen LogP contribution in [0.25, 0.3) is 0 Å². The van der Waals surface area contributed by atoms with Crippen LogP contribution >= 0.6 is 0 Å². The van der Waals surface area contributed by atoms with Crippen molar-refractivity contribution in [2.45, 2.75) is 70.2 Å². The van der Waals surface area contributed by atoms with Crippen LogP contribution in [0.5, 0.6) is 11.5 Å². The van der Waals surface area contributed by atoms with E-state index in [1.54, 1.807) is 7.11 Å². The first kappa shape index (κ1) is 21.8. The SMILES string of the molecule is COc1ccc(CN2CCN3CCC[C@@H]3[C@@H]2C2CCCCC2)cc1OCc1ccccc1. The average molecular weight is 435 g/mol. The van der Waals surface area contributed by atoms with Crippen LogP contribution in [-0.2, 0) is 13.2 Å². The third kappa shape index (κ3) is 4.82. The molecule has 0 N–H and O–H groups in total. The molecule has 172 valence electrons. The fourth-order valence-corrected chi connectivity index (χ4v) is 6.34. The Morgan fingerprint density at radius 1 is 0.812 bits per heavy atom. The van der Waals surface area contributed by atoms with Crippen LogP contribution in [0.4, 0.5) is 0 Å². The van der Waals surface area contributed by atoms with Crippen molar-refractivity contribution in [2.75, 3.05) is 26.7 Å². The monoisotopic (exact) mass is 434 g/mol. The summed E-state index contributed by atoms with van der Waals surface area (Å²) >= 11 is 0. The number of hydrogen-bond donors (Lipinski definition) is 0. The molecular formula is C28H38N2O2. The fourth-order valence-electron chi connectivity index (χ4n) is 6.34. The first-order valence-corrected chi connectivity index (χ1v) is 12.6. The molecule has 0 aromatic heterocycles. The molecular weight excluding hydrogens is 396 g/mol. The third-order valence-electron chi connectivity index (χ3n) is 7.89. The summed E-state index contributed by atoms with van der Waals surface area (Å²) in [7, 11) is 1.73. The van der Waals surface area contributed by atoms with Crippen molar-refractivity contribution < 1.29 is 9.47 Å². The minimum atomic E-state index is 0.562. The van der Waals surface area contributed by atoms with E-state index in [1.165, 1.54) is 75.7 Å². The van der Waals surface area contributed by atoms with Crippen molar-refractivity contribution >= 4 is 0 Å². The lowest BCUT2D eigenvalue weighted by atomic mass is 9.78. The molecule has 3 aliphatic rings. The number of rotatable bonds is 7. The van der Waals surface area contributed by atoms with E-state index in [2.05, 4.69) is 52.3 Å². The highest BCUT2D eigenvalue weighted by atomic mass is 16.5. The zero-order valence-electron chi connectivity index (χ0n) is 19.5. The Balaban J connectivity index is 1.33. The summed E-state index contributed by atoms with van der Waals surface area (Å²) < 4.78 is 11.8. The second kappa shape index (κ2) is 10.3. The number of fused-ring (bicyclic) bond motifs is 1. The van der Waals surface area contributed by atoms with Crippen molar-refractivity contribution in [3.05, 3.63) is 59.7 Å². The summed E-state index contributed by atoms with van der Waals surface area (Å²) in [5, 5.41) is 0. The summed E-state index contributed by atoms with van der Waals surface area (Å²) in [6.45, 7) is 5.29. The first-order chi connectivity index (χ1) is 15.8. The first-order valence-electron chi connectivity index (χ1n) is 12.6. The van der Waals surface area contributed by atoms with Crippen molar-refractivity contribution in [3.63, 3.8) is 0 Å². The Morgan fingerprint density at radius 3 is 2.47 bits per heavy atom. The largest absolute Gasteiger partial charge is 0.493 e. The van der Waals surface area contributed by atoms with Crippen LogP contribution in [-0.4, -0.2) is 48.6 Å². The molecule has 2 aromatic rings. The molecule has 2 aromatic carbocycles. The predicted molar refractivity (Wildman–Crippen MR) is 129 cm³/mol. The van der Waals surface area contributed by atoms with E-state index in [1.807, 2.05) is 6.07 Å². The molecule has 0 spiro atoms. The number of benzene rings is 2. The van der Waals surface area contributed by atoms with Crippen LogP contribution in [0.15, 0.2) is 48.5 Å². The Labute approximate surface area is 193 Å². The lowest BCUT2D eigenvalue weighted by Gasteiger charge is -2.49. The molecule has 2 saturated heterocycles. The highest BCUT2D eigenvalue weighted by Crippen LogP contribution is 2.38. The molecule has 2 atom stereocenters. The van der Waals surface area contributed by atoms with Gasteiger partial charge >= 0.3 is 0 Å². The standard InChI is InChI=1S/C28H38N2O2/c1-31-26-15-14-23(19-27(26)32-21-22-9-4-2-5-10-22)20-30-18-17-29-16-8-13-25(29)28(30)24-11-6-3-7-12-24/h2,4-5,9-10,14-15,19,24-25,28H,3,6-8,11-13,16-18,20-21H2,1H3/t25-,28+/m1/s1. The summed E-state index contributed by atoms with van der Waals surface area (Å²) in [6, 6.07) is 18.4. The van der Waals surface area contributed by atoms with Gasteiger partial charge in [-0.2, -0.15) is 0 Å². The van der Waals surface area contributed by atoms with Crippen molar-refractivity contribution in [1.29, 1.82) is 0 Å². The summed E-state index contributed by atoms with van der Waals surface area (Å²) in [4.78, 5) is 5.60. The van der Waals surface area contributed by atoms with Crippen molar-refractivity contribution in [3.8, 4) is 11.5 Å². The highest BCUT2D eigenvalue weighted by Gasteiger charge is 2.42. The maximum Gasteiger partial charge on any atom is 0.161 e. The zero-order valence-corrected chi connectivity index (χ0v) is 19.5. The molecule has 3 fully saturated rings. The summed E-state index contributed by atoms with van der Waals surface area (Å²) in [6.07, 6.45) is 9.86. The van der Waals surface area contributed by atoms with E-state index in [4.69, 9.17) is 9.47 Å². The fraction of sp³-hybridized carbons (Fsp3) is 0.571. The number of nitrogens with zero attached hydrogens (tertiary/aromatic N) is 2. The van der Waals surface area contributed by atoms with Gasteiger partial charge < -0.3 is 9.47 Å². The van der Waals surface area contributed by atoms with Crippen LogP contribution in [0.3, 0.4) is 0 Å².